The topological polar surface area (TPSA) is 12.9 Å². The van der Waals surface area contributed by atoms with Gasteiger partial charge in [0.25, 0.3) is 0 Å². The van der Waals surface area contributed by atoms with Crippen molar-refractivity contribution in [2.75, 3.05) is 0 Å². The lowest BCUT2D eigenvalue weighted by molar-refractivity contribution is 0.596. The number of aromatic nitrogens is 1. The molecule has 4 aromatic carbocycles. The van der Waals surface area contributed by atoms with E-state index in [4.69, 9.17) is 4.98 Å². The van der Waals surface area contributed by atoms with E-state index in [2.05, 4.69) is 118 Å². The minimum atomic E-state index is 0.0841. The summed E-state index contributed by atoms with van der Waals surface area (Å²) in [4.78, 5) is 5.04. The molecular weight excluding hydrogens is 386 g/mol. The second-order valence-electron chi connectivity index (χ2n) is 9.31. The van der Waals surface area contributed by atoms with Crippen LogP contribution in [0.4, 0.5) is 0 Å². The van der Waals surface area contributed by atoms with E-state index < -0.39 is 0 Å². The fourth-order valence-corrected chi connectivity index (χ4v) is 4.40. The molecule has 156 valence electrons. The number of hydrogen-bond acceptors (Lipinski definition) is 1. The molecule has 1 nitrogen and oxygen atoms in total. The van der Waals surface area contributed by atoms with Crippen molar-refractivity contribution in [1.29, 1.82) is 0 Å². The molecule has 0 unspecified atom stereocenters. The minimum absolute atomic E-state index is 0.0841. The van der Waals surface area contributed by atoms with E-state index in [1.807, 2.05) is 12.1 Å². The molecule has 0 saturated carbocycles. The van der Waals surface area contributed by atoms with Gasteiger partial charge in [-0.3, -0.25) is 0 Å². The zero-order chi connectivity index (χ0) is 22.1. The Bertz CT molecular complexity index is 1320. The number of hydrogen-bond donors (Lipinski definition) is 0. The van der Waals surface area contributed by atoms with Crippen LogP contribution in [0.5, 0.6) is 0 Å². The van der Waals surface area contributed by atoms with Gasteiger partial charge in [0.15, 0.2) is 0 Å². The van der Waals surface area contributed by atoms with E-state index in [1.54, 1.807) is 0 Å². The second-order valence-corrected chi connectivity index (χ2v) is 9.31. The number of rotatable bonds is 3. The molecule has 0 radical (unpaired) electrons. The highest BCUT2D eigenvalue weighted by Gasteiger charge is 2.19. The van der Waals surface area contributed by atoms with Crippen LogP contribution in [0.1, 0.15) is 26.3 Å². The smallest absolute Gasteiger partial charge is 0.0715 e. The maximum Gasteiger partial charge on any atom is 0.0715 e. The lowest BCUT2D eigenvalue weighted by Gasteiger charge is -2.23. The normalized spacial score (nSPS) is 11.6. The summed E-state index contributed by atoms with van der Waals surface area (Å²) in [5.41, 5.74) is 8.12. The molecule has 1 heteroatoms. The molecule has 1 aromatic heterocycles. The zero-order valence-corrected chi connectivity index (χ0v) is 18.8. The van der Waals surface area contributed by atoms with Gasteiger partial charge in [0, 0.05) is 11.1 Å². The average Bonchev–Trinajstić information content (AvgIpc) is 2.83. The average molecular weight is 414 g/mol. The summed E-state index contributed by atoms with van der Waals surface area (Å²) in [5.74, 6) is 0. The summed E-state index contributed by atoms with van der Waals surface area (Å²) in [6, 6.07) is 38.7. The molecule has 5 rings (SSSR count). The Hall–Kier alpha value is -3.71. The van der Waals surface area contributed by atoms with Crippen LogP contribution >= 0.6 is 0 Å². The Morgan fingerprint density at radius 2 is 1.00 bits per heavy atom. The molecule has 0 atom stereocenters. The standard InChI is InChI=1S/C31H27N/c1-31(2,3)28-19-18-25(26-16-10-11-17-27(26)28)24-20-29(22-12-6-4-7-13-22)32-30(21-24)23-14-8-5-9-15-23/h4-21H,1-3H3. The fourth-order valence-electron chi connectivity index (χ4n) is 4.40. The highest BCUT2D eigenvalue weighted by molar-refractivity contribution is 6.00. The van der Waals surface area contributed by atoms with Crippen LogP contribution in [0.25, 0.3) is 44.4 Å². The summed E-state index contributed by atoms with van der Waals surface area (Å²) in [6.07, 6.45) is 0. The first-order valence-electron chi connectivity index (χ1n) is 11.2. The monoisotopic (exact) mass is 413 g/mol. The van der Waals surface area contributed by atoms with Crippen molar-refractivity contribution in [2.45, 2.75) is 26.2 Å². The molecule has 0 N–H and O–H groups in total. The number of fused-ring (bicyclic) bond motifs is 1. The van der Waals surface area contributed by atoms with E-state index in [-0.39, 0.29) is 5.41 Å². The van der Waals surface area contributed by atoms with E-state index in [0.29, 0.717) is 0 Å². The third-order valence-electron chi connectivity index (χ3n) is 6.01. The molecule has 0 fully saturated rings. The minimum Gasteiger partial charge on any atom is -0.248 e. The summed E-state index contributed by atoms with van der Waals surface area (Å²) in [6.45, 7) is 6.84. The van der Waals surface area contributed by atoms with Crippen molar-refractivity contribution < 1.29 is 0 Å². The van der Waals surface area contributed by atoms with Crippen LogP contribution in [0, 0.1) is 0 Å². The van der Waals surface area contributed by atoms with Crippen molar-refractivity contribution in [3.05, 3.63) is 115 Å². The first kappa shape index (κ1) is 20.2. The van der Waals surface area contributed by atoms with Crippen LogP contribution in [0.2, 0.25) is 0 Å². The zero-order valence-electron chi connectivity index (χ0n) is 18.8. The first-order valence-corrected chi connectivity index (χ1v) is 11.2. The first-order chi connectivity index (χ1) is 15.5. The second kappa shape index (κ2) is 8.09. The lowest BCUT2D eigenvalue weighted by atomic mass is 9.82. The van der Waals surface area contributed by atoms with Crippen LogP contribution in [-0.2, 0) is 5.41 Å². The van der Waals surface area contributed by atoms with E-state index in [1.165, 1.54) is 27.5 Å². The molecule has 0 amide bonds. The Labute approximate surface area is 190 Å². The quantitative estimate of drug-likeness (QED) is 0.289. The maximum atomic E-state index is 5.04. The fraction of sp³-hybridized carbons (Fsp3) is 0.129. The van der Waals surface area contributed by atoms with Crippen LogP contribution in [-0.4, -0.2) is 4.98 Å². The molecule has 0 aliphatic carbocycles. The van der Waals surface area contributed by atoms with Gasteiger partial charge in [-0.1, -0.05) is 118 Å². The molecule has 0 aliphatic rings. The van der Waals surface area contributed by atoms with Crippen molar-refractivity contribution in [3.63, 3.8) is 0 Å². The van der Waals surface area contributed by atoms with E-state index in [9.17, 15) is 0 Å². The number of pyridine rings is 1. The van der Waals surface area contributed by atoms with Gasteiger partial charge in [0.05, 0.1) is 11.4 Å². The van der Waals surface area contributed by atoms with Gasteiger partial charge in [0.2, 0.25) is 0 Å². The van der Waals surface area contributed by atoms with E-state index >= 15 is 0 Å². The SMILES string of the molecule is CC(C)(C)c1ccc(-c2cc(-c3ccccc3)nc(-c3ccccc3)c2)c2ccccc12. The molecule has 0 aliphatic heterocycles. The summed E-state index contributed by atoms with van der Waals surface area (Å²) >= 11 is 0. The van der Waals surface area contributed by atoms with Gasteiger partial charge < -0.3 is 0 Å². The van der Waals surface area contributed by atoms with Gasteiger partial charge >= 0.3 is 0 Å². The summed E-state index contributed by atoms with van der Waals surface area (Å²) < 4.78 is 0. The predicted molar refractivity (Wildman–Crippen MR) is 137 cm³/mol. The summed E-state index contributed by atoms with van der Waals surface area (Å²) in [5, 5.41) is 2.60. The largest absolute Gasteiger partial charge is 0.248 e. The van der Waals surface area contributed by atoms with Crippen LogP contribution in [0.15, 0.2) is 109 Å². The Morgan fingerprint density at radius 3 is 1.53 bits per heavy atom. The van der Waals surface area contributed by atoms with E-state index in [0.717, 1.165) is 22.5 Å². The third kappa shape index (κ3) is 3.83. The molecule has 32 heavy (non-hydrogen) atoms. The van der Waals surface area contributed by atoms with Crippen molar-refractivity contribution in [1.82, 2.24) is 4.98 Å². The van der Waals surface area contributed by atoms with Crippen LogP contribution < -0.4 is 0 Å². The van der Waals surface area contributed by atoms with Gasteiger partial charge in [-0.05, 0) is 45.0 Å². The Balaban J connectivity index is 1.78. The number of nitrogens with zero attached hydrogens (tertiary/aromatic N) is 1. The van der Waals surface area contributed by atoms with Gasteiger partial charge in [-0.15, -0.1) is 0 Å². The lowest BCUT2D eigenvalue weighted by Crippen LogP contribution is -2.11. The molecule has 0 bridgehead atoms. The Morgan fingerprint density at radius 1 is 0.500 bits per heavy atom. The van der Waals surface area contributed by atoms with Crippen LogP contribution in [0.3, 0.4) is 0 Å². The molecule has 5 aromatic rings. The van der Waals surface area contributed by atoms with Crippen molar-refractivity contribution in [2.24, 2.45) is 0 Å². The van der Waals surface area contributed by atoms with Crippen molar-refractivity contribution >= 4 is 10.8 Å². The van der Waals surface area contributed by atoms with Gasteiger partial charge in [0.1, 0.15) is 0 Å². The number of benzene rings is 4. The highest BCUT2D eigenvalue weighted by Crippen LogP contribution is 2.38. The Kier molecular flexibility index (Phi) is 5.11. The highest BCUT2D eigenvalue weighted by atomic mass is 14.7. The van der Waals surface area contributed by atoms with Gasteiger partial charge in [-0.2, -0.15) is 0 Å². The van der Waals surface area contributed by atoms with Gasteiger partial charge in [-0.25, -0.2) is 4.98 Å². The molecular formula is C31H27N. The maximum absolute atomic E-state index is 5.04. The summed E-state index contributed by atoms with van der Waals surface area (Å²) in [7, 11) is 0. The van der Waals surface area contributed by atoms with Crippen molar-refractivity contribution in [3.8, 4) is 33.6 Å². The molecule has 0 saturated heterocycles. The molecule has 1 heterocycles. The molecule has 0 spiro atoms. The predicted octanol–water partition coefficient (Wildman–Crippen LogP) is 8.53. The third-order valence-corrected chi connectivity index (χ3v) is 6.01.